The predicted molar refractivity (Wildman–Crippen MR) is 528 cm³/mol. The summed E-state index contributed by atoms with van der Waals surface area (Å²) >= 11 is 15.0. The van der Waals surface area contributed by atoms with Crippen LogP contribution in [0.3, 0.4) is 0 Å². The van der Waals surface area contributed by atoms with Gasteiger partial charge in [0.15, 0.2) is 57.3 Å². The van der Waals surface area contributed by atoms with Gasteiger partial charge in [0.25, 0.3) is 0 Å². The van der Waals surface area contributed by atoms with Crippen LogP contribution in [0.15, 0.2) is 209 Å². The van der Waals surface area contributed by atoms with E-state index in [9.17, 15) is 4.79 Å². The van der Waals surface area contributed by atoms with E-state index in [1.165, 1.54) is 81.2 Å². The summed E-state index contributed by atoms with van der Waals surface area (Å²) in [5, 5.41) is 63.2. The lowest BCUT2D eigenvalue weighted by atomic mass is 10.3. The van der Waals surface area contributed by atoms with Gasteiger partial charge >= 0.3 is 0 Å². The molecule has 0 radical (unpaired) electrons. The van der Waals surface area contributed by atoms with E-state index < -0.39 is 0 Å². The Labute approximate surface area is 795 Å². The van der Waals surface area contributed by atoms with Gasteiger partial charge in [-0.15, -0.1) is 23.5 Å². The summed E-state index contributed by atoms with van der Waals surface area (Å²) in [4.78, 5) is 59.2. The van der Waals surface area contributed by atoms with Crippen molar-refractivity contribution in [3.8, 4) is 62.0 Å². The van der Waals surface area contributed by atoms with Crippen LogP contribution in [-0.2, 0) is 4.79 Å². The van der Waals surface area contributed by atoms with Gasteiger partial charge in [-0.2, -0.15) is 47.4 Å². The number of hydrogen-bond donors (Lipinski definition) is 11. The number of ether oxygens (including phenoxy) is 1. The van der Waals surface area contributed by atoms with Crippen molar-refractivity contribution in [2.75, 3.05) is 52.2 Å². The van der Waals surface area contributed by atoms with E-state index >= 15 is 0 Å². The maximum Gasteiger partial charge on any atom is 0.230 e. The SMILES string of the molecule is CCSc1cn2c(-c3cn[nH]c3)cnc2c(Nc2cc(C)ns2)n1.CNC(=O)CSc1cn2c(-c3cn[nH]c3)cnc2c(Nc2cc(C)ns2)n1.COc1ccccc1Sc1cn2c(-c3cn[nH]c3)cnc2c(Nc2cc(C)ns2)n1.Cc1cc(Nc2nc(SC(C)(C)C)cn3c(-c4cn[nH]c4)cnc23)sn1.Cc1cc(Nc2nc(SC(C)C)cn3c(-c4cn[nH]c4)cnc23)sn1. The molecule has 132 heavy (non-hydrogen) atoms. The molecule has 0 aliphatic heterocycles. The third-order valence-corrected chi connectivity index (χ3v) is 27.2. The summed E-state index contributed by atoms with van der Waals surface area (Å²) in [6.45, 7) is 22.8. The average molecular weight is 1950 g/mol. The minimum atomic E-state index is -0.0600. The lowest BCUT2D eigenvalue weighted by Gasteiger charge is -2.18. The topological polar surface area (TPSA) is 457 Å². The number of aromatic nitrogens is 30. The number of nitrogens with one attached hydrogen (secondary N) is 11. The molecule has 672 valence electrons. The van der Waals surface area contributed by atoms with Gasteiger partial charge in [-0.1, -0.05) is 89.0 Å². The molecule has 38 nitrogen and oxygen atoms in total. The van der Waals surface area contributed by atoms with Crippen molar-refractivity contribution >= 4 is 205 Å². The van der Waals surface area contributed by atoms with Crippen LogP contribution < -0.4 is 36.6 Å². The van der Waals surface area contributed by atoms with Crippen LogP contribution >= 0.6 is 116 Å². The van der Waals surface area contributed by atoms with E-state index in [4.69, 9.17) is 24.7 Å². The highest BCUT2D eigenvalue weighted by Gasteiger charge is 2.24. The number of rotatable bonds is 26. The Morgan fingerprint density at radius 2 is 0.727 bits per heavy atom. The largest absolute Gasteiger partial charge is 0.496 e. The third kappa shape index (κ3) is 21.7. The molecular weight excluding hydrogens is 1870 g/mol. The van der Waals surface area contributed by atoms with Crippen LogP contribution in [0.4, 0.5) is 54.1 Å². The predicted octanol–water partition coefficient (Wildman–Crippen LogP) is 19.6. The molecule has 0 unspecified atom stereocenters. The number of imidazole rings is 5. The smallest absolute Gasteiger partial charge is 0.230 e. The van der Waals surface area contributed by atoms with Gasteiger partial charge in [-0.3, -0.25) is 52.3 Å². The zero-order valence-electron chi connectivity index (χ0n) is 72.8. The van der Waals surface area contributed by atoms with Crippen molar-refractivity contribution in [3.05, 3.63) is 207 Å². The van der Waals surface area contributed by atoms with Crippen LogP contribution in [0.25, 0.3) is 84.5 Å². The molecule has 1 aromatic carbocycles. The van der Waals surface area contributed by atoms with E-state index in [1.807, 2.05) is 183 Å². The molecule has 0 atom stereocenters. The number of para-hydroxylation sites is 1. The van der Waals surface area contributed by atoms with Crippen molar-refractivity contribution in [1.82, 2.24) is 150 Å². The van der Waals surface area contributed by atoms with Gasteiger partial charge in [0.05, 0.1) is 137 Å². The molecule has 20 heterocycles. The summed E-state index contributed by atoms with van der Waals surface area (Å²) in [5.41, 5.74) is 18.1. The monoisotopic (exact) mass is 1950 g/mol. The maximum absolute atomic E-state index is 11.6. The van der Waals surface area contributed by atoms with Crippen molar-refractivity contribution in [1.29, 1.82) is 0 Å². The number of aryl methyl sites for hydroxylation is 5. The lowest BCUT2D eigenvalue weighted by Crippen LogP contribution is -2.19. The van der Waals surface area contributed by atoms with E-state index in [2.05, 4.69) is 185 Å². The second-order valence-corrected chi connectivity index (χ2v) is 40.9. The second-order valence-electron chi connectivity index (χ2n) is 30.1. The zero-order chi connectivity index (χ0) is 91.5. The minimum Gasteiger partial charge on any atom is -0.496 e. The second kappa shape index (κ2) is 40.9. The first kappa shape index (κ1) is 90.5. The summed E-state index contributed by atoms with van der Waals surface area (Å²) < 4.78 is 37.2. The molecular formula is C84H84N36O2S10. The van der Waals surface area contributed by atoms with E-state index in [-0.39, 0.29) is 16.4 Å². The van der Waals surface area contributed by atoms with Crippen molar-refractivity contribution in [2.45, 2.75) is 116 Å². The lowest BCUT2D eigenvalue weighted by molar-refractivity contribution is -0.118. The van der Waals surface area contributed by atoms with Gasteiger partial charge < -0.3 is 36.6 Å². The van der Waals surface area contributed by atoms with Crippen molar-refractivity contribution < 1.29 is 9.53 Å². The number of thioether (sulfide) groups is 4. The van der Waals surface area contributed by atoms with E-state index in [1.54, 1.807) is 92.8 Å². The number of aromatic amines is 5. The third-order valence-electron chi connectivity index (χ3n) is 18.6. The highest BCUT2D eigenvalue weighted by Crippen LogP contribution is 2.41. The summed E-state index contributed by atoms with van der Waals surface area (Å²) in [6, 6.07) is 17.8. The molecule has 21 aromatic rings. The first-order valence-corrected chi connectivity index (χ1v) is 48.9. The minimum absolute atomic E-state index is 0.0510. The summed E-state index contributed by atoms with van der Waals surface area (Å²) in [5.74, 6) is 5.42. The standard InChI is InChI=1S/C20H17N7OS2.C17H19N7S2.C16H16N8OS2.C16H17N7S2.C15H15N7S2/c1-12-7-17(30-26-12)24-19-20-21-10-14(13-8-22-23-9-13)27(20)11-18(25-19)29-16-6-4-3-5-15(16)28-2;1-10-5-13(26-23-10)21-15-16-18-8-12(11-6-19-20-7-11)24(16)9-14(22-15)25-17(2,3)4;1-9-3-13(27-23-9)21-15-16-18-6-11(10-4-19-20-5-10)24(16)7-14(22-15)26-8-12(25)17-2;1-9(2)24-14-8-23-12(11-5-18-19-6-11)7-17-16(23)15(21-14)20-13-4-10(3)22-25-13;1-3-23-13-8-22-11(10-5-17-18-6-10)7-16-15(22)14(20-13)19-12-4-9(2)21-24-12/h3-11H,1-2H3,(H,22,23)(H,24,25);5-9H,1-4H3,(H,19,20)(H,21,22);3-7H,8H2,1-2H3,(H,17,25)(H,19,20)(H,21,22);4-9H,1-3H3,(H,18,19)(H,20,21);4-8H,3H2,1-2H3,(H,17,18)(H,19,20). The zero-order valence-corrected chi connectivity index (χ0v) is 81.0. The Hall–Kier alpha value is -13.5. The number of benzene rings is 1. The number of nitrogens with zero attached hydrogens (tertiary/aromatic N) is 25. The van der Waals surface area contributed by atoms with Crippen LogP contribution in [-0.4, -0.2) is 186 Å². The van der Waals surface area contributed by atoms with Crippen molar-refractivity contribution in [2.24, 2.45) is 0 Å². The number of amides is 1. The maximum atomic E-state index is 11.6. The fraction of sp³-hybridized carbons (Fsp3) is 0.202. The molecule has 48 heteroatoms. The Morgan fingerprint density at radius 1 is 0.424 bits per heavy atom. The molecule has 11 N–H and O–H groups in total. The number of methoxy groups -OCH3 is 1. The van der Waals surface area contributed by atoms with E-state index in [0.29, 0.717) is 27.6 Å². The number of carbonyl (C=O) groups is 1. The van der Waals surface area contributed by atoms with Gasteiger partial charge in [-0.05, 0) is 140 Å². The molecule has 0 aliphatic carbocycles. The fourth-order valence-corrected chi connectivity index (χ4v) is 20.3. The first-order chi connectivity index (χ1) is 64.1. The molecule has 0 bridgehead atoms. The molecule has 0 saturated carbocycles. The molecule has 1 amide bonds. The van der Waals surface area contributed by atoms with Crippen LogP contribution in [0.1, 0.15) is 70.0 Å². The first-order valence-electron chi connectivity index (χ1n) is 40.6. The Balaban J connectivity index is 0.000000115. The number of hydrogen-bond acceptors (Lipinski definition) is 37. The molecule has 0 spiro atoms. The van der Waals surface area contributed by atoms with Crippen LogP contribution in [0, 0.1) is 34.6 Å². The number of anilines is 10. The molecule has 0 fully saturated rings. The highest BCUT2D eigenvalue weighted by atomic mass is 32.2. The number of carbonyl (C=O) groups excluding carboxylic acids is 1. The van der Waals surface area contributed by atoms with Gasteiger partial charge in [-0.25, -0.2) is 49.8 Å². The quantitative estimate of drug-likeness (QED) is 0.0224. The van der Waals surface area contributed by atoms with Crippen LogP contribution in [0.2, 0.25) is 0 Å². The molecule has 0 aliphatic rings. The van der Waals surface area contributed by atoms with Gasteiger partial charge in [0, 0.05) is 107 Å². The summed E-state index contributed by atoms with van der Waals surface area (Å²) in [7, 11) is 3.29. The van der Waals surface area contributed by atoms with E-state index in [0.717, 1.165) is 186 Å². The summed E-state index contributed by atoms with van der Waals surface area (Å²) in [6.07, 6.45) is 37.2. The van der Waals surface area contributed by atoms with Gasteiger partial charge in [0.2, 0.25) is 5.91 Å². The Kier molecular flexibility index (Phi) is 28.0. The van der Waals surface area contributed by atoms with Crippen LogP contribution in [0.5, 0.6) is 5.75 Å². The Morgan fingerprint density at radius 3 is 1.02 bits per heavy atom. The highest BCUT2D eigenvalue weighted by molar-refractivity contribution is 8.00. The molecule has 0 saturated heterocycles. The fourth-order valence-electron chi connectivity index (χ4n) is 13.0. The van der Waals surface area contributed by atoms with Crippen molar-refractivity contribution in [3.63, 3.8) is 0 Å². The van der Waals surface area contributed by atoms with Gasteiger partial charge in [0.1, 0.15) is 55.9 Å². The number of H-pyrrole nitrogens is 5. The Bertz CT molecular complexity index is 7440. The molecule has 20 aromatic heterocycles. The molecule has 21 rings (SSSR count). The normalized spacial score (nSPS) is 11.4. The number of fused-ring (bicyclic) bond motifs is 5. The average Bonchev–Trinajstić information content (AvgIpc) is 1.66.